The first kappa shape index (κ1) is 20.3. The smallest absolute Gasteiger partial charge is 0.276 e. The molecule has 0 bridgehead atoms. The van der Waals surface area contributed by atoms with Crippen LogP contribution in [0.1, 0.15) is 0 Å². The van der Waals surface area contributed by atoms with Gasteiger partial charge in [0, 0.05) is 26.2 Å². The number of para-hydroxylation sites is 2. The number of ether oxygens (including phenoxy) is 2. The zero-order valence-electron chi connectivity index (χ0n) is 16.8. The van der Waals surface area contributed by atoms with E-state index in [0.717, 1.165) is 37.6 Å². The van der Waals surface area contributed by atoms with E-state index < -0.39 is 18.9 Å². The predicted octanol–water partition coefficient (Wildman–Crippen LogP) is -0.193. The summed E-state index contributed by atoms with van der Waals surface area (Å²) in [6.45, 7) is 5.76. The van der Waals surface area contributed by atoms with E-state index in [9.17, 15) is 8.78 Å². The fourth-order valence-corrected chi connectivity index (χ4v) is 4.53. The SMILES string of the molecule is FC(F)C1Nc2ccccc2N1C1NC(N2CCOCC2)NC(N2CCOCC2)N1. The third-order valence-electron chi connectivity index (χ3n) is 6.07. The summed E-state index contributed by atoms with van der Waals surface area (Å²) in [6.07, 6.45) is -4.47. The van der Waals surface area contributed by atoms with E-state index in [1.54, 1.807) is 4.90 Å². The number of halogens is 2. The first-order chi connectivity index (χ1) is 14.7. The van der Waals surface area contributed by atoms with Crippen molar-refractivity contribution in [2.75, 3.05) is 62.8 Å². The van der Waals surface area contributed by atoms with Crippen LogP contribution in [0.5, 0.6) is 0 Å². The van der Waals surface area contributed by atoms with Gasteiger partial charge in [0.05, 0.1) is 37.8 Å². The van der Waals surface area contributed by atoms with Gasteiger partial charge in [0.1, 0.15) is 18.9 Å². The Balaban J connectivity index is 1.42. The number of benzene rings is 1. The Morgan fingerprint density at radius 1 is 0.800 bits per heavy atom. The summed E-state index contributed by atoms with van der Waals surface area (Å²) in [5, 5.41) is 13.6. The second kappa shape index (κ2) is 8.87. The van der Waals surface area contributed by atoms with Crippen molar-refractivity contribution < 1.29 is 18.3 Å². The maximum absolute atomic E-state index is 14.0. The number of rotatable bonds is 4. The molecule has 3 atom stereocenters. The molecule has 4 aliphatic heterocycles. The maximum Gasteiger partial charge on any atom is 0.276 e. The summed E-state index contributed by atoms with van der Waals surface area (Å²) in [5.41, 5.74) is 1.48. The first-order valence-electron chi connectivity index (χ1n) is 10.5. The molecule has 0 aliphatic carbocycles. The number of alkyl halides is 2. The lowest BCUT2D eigenvalue weighted by molar-refractivity contribution is -0.0656. The quantitative estimate of drug-likeness (QED) is 0.525. The normalized spacial score (nSPS) is 33.5. The van der Waals surface area contributed by atoms with E-state index in [4.69, 9.17) is 9.47 Å². The molecule has 166 valence electrons. The number of nitrogens with zero attached hydrogens (tertiary/aromatic N) is 3. The summed E-state index contributed by atoms with van der Waals surface area (Å²) in [7, 11) is 0. The molecule has 5 rings (SSSR count). The molecule has 9 nitrogen and oxygen atoms in total. The van der Waals surface area contributed by atoms with Crippen molar-refractivity contribution in [2.45, 2.75) is 31.5 Å². The number of morpholine rings is 2. The zero-order chi connectivity index (χ0) is 20.5. The maximum atomic E-state index is 14.0. The number of nitrogens with one attached hydrogen (secondary N) is 4. The van der Waals surface area contributed by atoms with Gasteiger partial charge >= 0.3 is 0 Å². The molecule has 4 N–H and O–H groups in total. The van der Waals surface area contributed by atoms with Crippen LogP contribution in [0.25, 0.3) is 0 Å². The molecule has 4 aliphatic rings. The second-order valence-electron chi connectivity index (χ2n) is 7.85. The fourth-order valence-electron chi connectivity index (χ4n) is 4.53. The standard InChI is InChI=1S/C19H29F2N7O2/c20-15(21)16-22-13-3-1-2-4-14(13)28(16)19-24-17(26-5-9-29-10-6-26)23-18(25-19)27-7-11-30-12-8-27/h1-4,15-19,22-25H,5-12H2. The van der Waals surface area contributed by atoms with Crippen LogP contribution in [0.15, 0.2) is 24.3 Å². The molecule has 3 fully saturated rings. The molecule has 1 aromatic carbocycles. The summed E-state index contributed by atoms with van der Waals surface area (Å²) in [5.74, 6) is 0. The van der Waals surface area contributed by atoms with Crippen LogP contribution in [0, 0.1) is 0 Å². The topological polar surface area (TPSA) is 76.3 Å². The van der Waals surface area contributed by atoms with Gasteiger partial charge in [-0.2, -0.15) is 0 Å². The van der Waals surface area contributed by atoms with E-state index in [0.29, 0.717) is 26.4 Å². The lowest BCUT2D eigenvalue weighted by Crippen LogP contribution is -2.80. The molecular weight excluding hydrogens is 396 g/mol. The van der Waals surface area contributed by atoms with Gasteiger partial charge in [-0.05, 0) is 12.1 Å². The Morgan fingerprint density at radius 3 is 1.90 bits per heavy atom. The highest BCUT2D eigenvalue weighted by Gasteiger charge is 2.44. The minimum Gasteiger partial charge on any atom is -0.379 e. The fraction of sp³-hybridized carbons (Fsp3) is 0.684. The molecule has 11 heteroatoms. The average Bonchev–Trinajstić information content (AvgIpc) is 3.20. The van der Waals surface area contributed by atoms with Gasteiger partial charge in [0.15, 0.2) is 6.17 Å². The number of hydrogen-bond acceptors (Lipinski definition) is 9. The molecule has 4 heterocycles. The highest BCUT2D eigenvalue weighted by molar-refractivity contribution is 5.76. The Kier molecular flexibility index (Phi) is 6.01. The Bertz CT molecular complexity index is 692. The molecule has 0 saturated carbocycles. The third-order valence-corrected chi connectivity index (χ3v) is 6.07. The molecular formula is C19H29F2N7O2. The number of fused-ring (bicyclic) bond motifs is 1. The summed E-state index contributed by atoms with van der Waals surface area (Å²) in [6, 6.07) is 7.45. The average molecular weight is 425 g/mol. The van der Waals surface area contributed by atoms with Crippen LogP contribution in [0.2, 0.25) is 0 Å². The molecule has 0 radical (unpaired) electrons. The van der Waals surface area contributed by atoms with Crippen LogP contribution in [-0.4, -0.2) is 93.9 Å². The Hall–Kier alpha value is -1.60. The van der Waals surface area contributed by atoms with E-state index in [1.165, 1.54) is 0 Å². The highest BCUT2D eigenvalue weighted by atomic mass is 19.3. The van der Waals surface area contributed by atoms with E-state index in [1.807, 2.05) is 24.3 Å². The van der Waals surface area contributed by atoms with Crippen molar-refractivity contribution in [3.05, 3.63) is 24.3 Å². The van der Waals surface area contributed by atoms with Crippen molar-refractivity contribution >= 4 is 11.4 Å². The van der Waals surface area contributed by atoms with Gasteiger partial charge in [-0.3, -0.25) is 25.8 Å². The minimum absolute atomic E-state index is 0.168. The summed E-state index contributed by atoms with van der Waals surface area (Å²) in [4.78, 5) is 6.25. The van der Waals surface area contributed by atoms with Gasteiger partial charge in [-0.15, -0.1) is 0 Å². The van der Waals surface area contributed by atoms with Crippen molar-refractivity contribution in [1.29, 1.82) is 0 Å². The van der Waals surface area contributed by atoms with Crippen LogP contribution in [0.4, 0.5) is 20.2 Å². The zero-order valence-corrected chi connectivity index (χ0v) is 16.8. The Labute approximate surface area is 174 Å². The second-order valence-corrected chi connectivity index (χ2v) is 7.85. The molecule has 1 aromatic rings. The third kappa shape index (κ3) is 3.98. The summed E-state index contributed by atoms with van der Waals surface area (Å²) >= 11 is 0. The van der Waals surface area contributed by atoms with Gasteiger partial charge < -0.3 is 19.7 Å². The van der Waals surface area contributed by atoms with Crippen molar-refractivity contribution in [3.63, 3.8) is 0 Å². The van der Waals surface area contributed by atoms with E-state index in [-0.39, 0.29) is 12.6 Å². The lowest BCUT2D eigenvalue weighted by atomic mass is 10.2. The highest BCUT2D eigenvalue weighted by Crippen LogP contribution is 2.37. The van der Waals surface area contributed by atoms with Crippen molar-refractivity contribution in [2.24, 2.45) is 0 Å². The van der Waals surface area contributed by atoms with Crippen molar-refractivity contribution in [1.82, 2.24) is 25.8 Å². The van der Waals surface area contributed by atoms with Crippen LogP contribution in [-0.2, 0) is 9.47 Å². The van der Waals surface area contributed by atoms with Crippen LogP contribution in [0.3, 0.4) is 0 Å². The minimum atomic E-state index is -2.54. The molecule has 0 spiro atoms. The van der Waals surface area contributed by atoms with E-state index in [2.05, 4.69) is 31.1 Å². The molecule has 30 heavy (non-hydrogen) atoms. The predicted molar refractivity (Wildman–Crippen MR) is 108 cm³/mol. The molecule has 3 unspecified atom stereocenters. The first-order valence-corrected chi connectivity index (χ1v) is 10.5. The number of hydrogen-bond donors (Lipinski definition) is 4. The van der Waals surface area contributed by atoms with Crippen LogP contribution < -0.4 is 26.2 Å². The van der Waals surface area contributed by atoms with Gasteiger partial charge in [-0.1, -0.05) is 12.1 Å². The molecule has 3 saturated heterocycles. The molecule has 0 aromatic heterocycles. The lowest BCUT2D eigenvalue weighted by Gasteiger charge is -2.50. The monoisotopic (exact) mass is 425 g/mol. The largest absolute Gasteiger partial charge is 0.379 e. The molecule has 0 amide bonds. The Morgan fingerprint density at radius 2 is 1.33 bits per heavy atom. The van der Waals surface area contributed by atoms with Crippen molar-refractivity contribution in [3.8, 4) is 0 Å². The van der Waals surface area contributed by atoms with Crippen LogP contribution >= 0.6 is 0 Å². The van der Waals surface area contributed by atoms with Gasteiger partial charge in [0.25, 0.3) is 6.43 Å². The van der Waals surface area contributed by atoms with Gasteiger partial charge in [0.2, 0.25) is 0 Å². The van der Waals surface area contributed by atoms with Gasteiger partial charge in [-0.25, -0.2) is 8.78 Å². The summed E-state index contributed by atoms with van der Waals surface area (Å²) < 4.78 is 39.0. The van der Waals surface area contributed by atoms with E-state index >= 15 is 0 Å². The number of anilines is 2.